The number of nitrogens with one attached hydrogen (secondary N) is 1. The Bertz CT molecular complexity index is 1190. The molecule has 0 saturated carbocycles. The van der Waals surface area contributed by atoms with Crippen molar-refractivity contribution in [3.05, 3.63) is 88.3 Å². The van der Waals surface area contributed by atoms with Gasteiger partial charge in [0.15, 0.2) is 0 Å². The predicted octanol–water partition coefficient (Wildman–Crippen LogP) is 5.17. The van der Waals surface area contributed by atoms with Gasteiger partial charge in [0.05, 0.1) is 16.9 Å². The van der Waals surface area contributed by atoms with Gasteiger partial charge >= 0.3 is 0 Å². The van der Waals surface area contributed by atoms with Crippen LogP contribution < -0.4 is 5.32 Å². The van der Waals surface area contributed by atoms with Crippen LogP contribution in [0.5, 0.6) is 0 Å². The van der Waals surface area contributed by atoms with Crippen LogP contribution in [0.2, 0.25) is 10.2 Å². The molecule has 8 heteroatoms. The average Bonchev–Trinajstić information content (AvgIpc) is 3.35. The van der Waals surface area contributed by atoms with Crippen LogP contribution in [0.1, 0.15) is 22.5 Å². The number of hydrogen-bond donors (Lipinski definition) is 1. The molecular weight excluding hydrogens is 433 g/mol. The summed E-state index contributed by atoms with van der Waals surface area (Å²) >= 11 is 12.2. The van der Waals surface area contributed by atoms with Gasteiger partial charge in [0.25, 0.3) is 5.91 Å². The molecule has 0 aliphatic heterocycles. The van der Waals surface area contributed by atoms with Crippen molar-refractivity contribution < 1.29 is 4.79 Å². The first-order valence-electron chi connectivity index (χ1n) is 9.91. The summed E-state index contributed by atoms with van der Waals surface area (Å²) in [5.41, 5.74) is 3.62. The summed E-state index contributed by atoms with van der Waals surface area (Å²) < 4.78 is 3.37. The van der Waals surface area contributed by atoms with Crippen LogP contribution in [0.4, 0.5) is 0 Å². The Labute approximate surface area is 190 Å². The molecule has 2 aromatic carbocycles. The second-order valence-corrected chi connectivity index (χ2v) is 7.80. The fourth-order valence-electron chi connectivity index (χ4n) is 3.27. The summed E-state index contributed by atoms with van der Waals surface area (Å²) in [6.07, 6.45) is 2.43. The lowest BCUT2D eigenvalue weighted by Gasteiger charge is -2.06. The second kappa shape index (κ2) is 9.37. The molecule has 0 spiro atoms. The third-order valence-corrected chi connectivity index (χ3v) is 5.79. The maximum atomic E-state index is 13.0. The molecule has 158 valence electrons. The van der Waals surface area contributed by atoms with Crippen LogP contribution in [-0.2, 0) is 6.54 Å². The van der Waals surface area contributed by atoms with E-state index in [9.17, 15) is 4.79 Å². The molecule has 0 unspecified atom stereocenters. The molecule has 4 aromatic rings. The van der Waals surface area contributed by atoms with Crippen molar-refractivity contribution in [2.24, 2.45) is 0 Å². The number of rotatable bonds is 7. The van der Waals surface area contributed by atoms with Gasteiger partial charge in [0.2, 0.25) is 0 Å². The van der Waals surface area contributed by atoms with E-state index in [1.54, 1.807) is 15.6 Å². The Morgan fingerprint density at radius 1 is 1.00 bits per heavy atom. The third-order valence-electron chi connectivity index (χ3n) is 4.86. The molecule has 0 aliphatic carbocycles. The third kappa shape index (κ3) is 4.65. The van der Waals surface area contributed by atoms with E-state index in [0.29, 0.717) is 46.6 Å². The monoisotopic (exact) mass is 453 g/mol. The van der Waals surface area contributed by atoms with Gasteiger partial charge in [-0.2, -0.15) is 10.2 Å². The van der Waals surface area contributed by atoms with Crippen molar-refractivity contribution in [3.8, 4) is 16.9 Å². The molecule has 6 nitrogen and oxygen atoms in total. The SMILES string of the molecule is Cc1nn(CCCNC(=O)c2cn(-c3ccccc3)nc2-c2ccccc2)c(Cl)c1Cl. The molecule has 0 fully saturated rings. The number of aromatic nitrogens is 4. The highest BCUT2D eigenvalue weighted by molar-refractivity contribution is 6.41. The summed E-state index contributed by atoms with van der Waals surface area (Å²) in [4.78, 5) is 13.0. The van der Waals surface area contributed by atoms with E-state index in [-0.39, 0.29) is 5.91 Å². The number of para-hydroxylation sites is 1. The van der Waals surface area contributed by atoms with E-state index >= 15 is 0 Å². The van der Waals surface area contributed by atoms with E-state index in [0.717, 1.165) is 11.3 Å². The summed E-state index contributed by atoms with van der Waals surface area (Å²) in [7, 11) is 0. The Hall–Kier alpha value is -3.09. The quantitative estimate of drug-likeness (QED) is 0.392. The van der Waals surface area contributed by atoms with Gasteiger partial charge in [-0.25, -0.2) is 4.68 Å². The lowest BCUT2D eigenvalue weighted by Crippen LogP contribution is -2.25. The fraction of sp³-hybridized carbons (Fsp3) is 0.174. The molecule has 4 rings (SSSR count). The number of nitrogens with zero attached hydrogens (tertiary/aromatic N) is 4. The molecular formula is C23H21Cl2N5O. The topological polar surface area (TPSA) is 64.7 Å². The van der Waals surface area contributed by atoms with Gasteiger partial charge in [-0.3, -0.25) is 9.48 Å². The van der Waals surface area contributed by atoms with Crippen molar-refractivity contribution in [1.29, 1.82) is 0 Å². The minimum atomic E-state index is -0.179. The van der Waals surface area contributed by atoms with E-state index in [2.05, 4.69) is 15.5 Å². The zero-order chi connectivity index (χ0) is 21.8. The molecule has 31 heavy (non-hydrogen) atoms. The van der Waals surface area contributed by atoms with Crippen LogP contribution in [0.15, 0.2) is 66.9 Å². The Kier molecular flexibility index (Phi) is 6.39. The Morgan fingerprint density at radius 2 is 1.68 bits per heavy atom. The van der Waals surface area contributed by atoms with Crippen LogP contribution >= 0.6 is 23.2 Å². The standard InChI is InChI=1S/C23H21Cl2N5O/c1-16-20(24)22(25)29(27-16)14-8-13-26-23(31)19-15-30(18-11-6-3-7-12-18)28-21(19)17-9-4-2-5-10-17/h2-7,9-12,15H,8,13-14H2,1H3,(H,26,31). The second-order valence-electron chi connectivity index (χ2n) is 7.06. The largest absolute Gasteiger partial charge is 0.352 e. The van der Waals surface area contributed by atoms with Crippen molar-refractivity contribution in [3.63, 3.8) is 0 Å². The fourth-order valence-corrected chi connectivity index (χ4v) is 3.66. The molecule has 0 saturated heterocycles. The summed E-state index contributed by atoms with van der Waals surface area (Å²) in [6, 6.07) is 19.4. The number of hydrogen-bond acceptors (Lipinski definition) is 3. The lowest BCUT2D eigenvalue weighted by atomic mass is 10.1. The number of aryl methyl sites for hydroxylation is 2. The van der Waals surface area contributed by atoms with Crippen molar-refractivity contribution in [1.82, 2.24) is 24.9 Å². The number of carbonyl (C=O) groups is 1. The van der Waals surface area contributed by atoms with Crippen molar-refractivity contribution in [2.45, 2.75) is 19.9 Å². The van der Waals surface area contributed by atoms with E-state index in [4.69, 9.17) is 23.2 Å². The van der Waals surface area contributed by atoms with Gasteiger partial charge in [0, 0.05) is 24.8 Å². The number of amides is 1. The molecule has 1 amide bonds. The van der Waals surface area contributed by atoms with E-state index in [1.807, 2.05) is 67.6 Å². The van der Waals surface area contributed by atoms with Gasteiger partial charge < -0.3 is 5.32 Å². The van der Waals surface area contributed by atoms with Crippen LogP contribution in [0, 0.1) is 6.92 Å². The Balaban J connectivity index is 1.50. The maximum Gasteiger partial charge on any atom is 0.255 e. The minimum Gasteiger partial charge on any atom is -0.352 e. The normalized spacial score (nSPS) is 10.9. The summed E-state index contributed by atoms with van der Waals surface area (Å²) in [5, 5.41) is 12.8. The summed E-state index contributed by atoms with van der Waals surface area (Å²) in [5.74, 6) is -0.179. The Morgan fingerprint density at radius 3 is 2.32 bits per heavy atom. The van der Waals surface area contributed by atoms with E-state index in [1.165, 1.54) is 0 Å². The summed E-state index contributed by atoms with van der Waals surface area (Å²) in [6.45, 7) is 2.83. The first kappa shape index (κ1) is 21.2. The number of halogens is 2. The highest BCUT2D eigenvalue weighted by atomic mass is 35.5. The van der Waals surface area contributed by atoms with Crippen LogP contribution in [0.3, 0.4) is 0 Å². The zero-order valence-electron chi connectivity index (χ0n) is 16.9. The van der Waals surface area contributed by atoms with Gasteiger partial charge in [-0.15, -0.1) is 0 Å². The molecule has 2 heterocycles. The lowest BCUT2D eigenvalue weighted by molar-refractivity contribution is 0.0953. The van der Waals surface area contributed by atoms with Crippen LogP contribution in [0.25, 0.3) is 16.9 Å². The minimum absolute atomic E-state index is 0.179. The zero-order valence-corrected chi connectivity index (χ0v) is 18.4. The smallest absolute Gasteiger partial charge is 0.255 e. The number of benzene rings is 2. The molecule has 0 radical (unpaired) electrons. The number of carbonyl (C=O) groups excluding carboxylic acids is 1. The molecule has 0 atom stereocenters. The van der Waals surface area contributed by atoms with Crippen molar-refractivity contribution in [2.75, 3.05) is 6.54 Å². The first-order valence-corrected chi connectivity index (χ1v) is 10.7. The first-order chi connectivity index (χ1) is 15.0. The predicted molar refractivity (Wildman–Crippen MR) is 123 cm³/mol. The molecule has 2 aromatic heterocycles. The van der Waals surface area contributed by atoms with Gasteiger partial charge in [-0.05, 0) is 25.5 Å². The molecule has 1 N–H and O–H groups in total. The highest BCUT2D eigenvalue weighted by Gasteiger charge is 2.18. The average molecular weight is 454 g/mol. The van der Waals surface area contributed by atoms with Gasteiger partial charge in [-0.1, -0.05) is 71.7 Å². The molecule has 0 bridgehead atoms. The van der Waals surface area contributed by atoms with Crippen LogP contribution in [-0.4, -0.2) is 32.0 Å². The van der Waals surface area contributed by atoms with E-state index < -0.39 is 0 Å². The maximum absolute atomic E-state index is 13.0. The van der Waals surface area contributed by atoms with Crippen molar-refractivity contribution >= 4 is 29.1 Å². The van der Waals surface area contributed by atoms with Gasteiger partial charge in [0.1, 0.15) is 15.9 Å². The molecule has 0 aliphatic rings. The highest BCUT2D eigenvalue weighted by Crippen LogP contribution is 2.25.